The number of aromatic amines is 2. The summed E-state index contributed by atoms with van der Waals surface area (Å²) in [5.41, 5.74) is -0.474. The lowest BCUT2D eigenvalue weighted by atomic mass is 9.95. The first-order valence-electron chi connectivity index (χ1n) is 14.2. The molecule has 0 saturated heterocycles. The first-order chi connectivity index (χ1) is 22.5. The van der Waals surface area contributed by atoms with E-state index >= 15 is 0 Å². The first-order valence-corrected chi connectivity index (χ1v) is 15.3. The third-order valence-corrected chi connectivity index (χ3v) is 9.04. The number of esters is 1. The molecule has 7 rings (SSSR count). The van der Waals surface area contributed by atoms with E-state index in [-0.39, 0.29) is 39.9 Å². The van der Waals surface area contributed by atoms with Gasteiger partial charge in [0.15, 0.2) is 0 Å². The van der Waals surface area contributed by atoms with Crippen LogP contribution in [-0.2, 0) is 10.9 Å². The molecular weight excluding hydrogens is 683 g/mol. The number of ether oxygens (including phenoxy) is 1. The number of carbonyl (C=O) groups is 3. The average Bonchev–Trinajstić information content (AvgIpc) is 3.77. The first kappa shape index (κ1) is 30.3. The second-order valence-corrected chi connectivity index (χ2v) is 11.7. The molecule has 10 nitrogen and oxygen atoms in total. The molecule has 1 unspecified atom stereocenters. The number of H-pyrrole nitrogens is 2. The molecule has 3 aromatic carbocycles. The molecule has 1 aliphatic rings. The molecule has 6 aromatic rings. The maximum atomic E-state index is 14.0. The Morgan fingerprint density at radius 1 is 1.06 bits per heavy atom. The van der Waals surface area contributed by atoms with Crippen LogP contribution in [0.4, 0.5) is 24.5 Å². The van der Waals surface area contributed by atoms with Gasteiger partial charge in [-0.1, -0.05) is 40.2 Å². The van der Waals surface area contributed by atoms with Gasteiger partial charge in [0, 0.05) is 57.4 Å². The molecule has 0 spiro atoms. The summed E-state index contributed by atoms with van der Waals surface area (Å²) < 4.78 is 46.7. The molecule has 14 heteroatoms. The van der Waals surface area contributed by atoms with Crippen LogP contribution in [-0.4, -0.2) is 56.8 Å². The number of carbonyl (C=O) groups excluding carboxylic acids is 3. The Bertz CT molecular complexity index is 2280. The smallest absolute Gasteiger partial charge is 0.432 e. The van der Waals surface area contributed by atoms with Crippen LogP contribution in [0.5, 0.6) is 5.75 Å². The monoisotopic (exact) mass is 705 g/mol. The lowest BCUT2D eigenvalue weighted by Crippen LogP contribution is -2.30. The molecular formula is C33H23BrF3N5O5. The summed E-state index contributed by atoms with van der Waals surface area (Å²) in [6.07, 6.45) is -3.32. The van der Waals surface area contributed by atoms with Crippen molar-refractivity contribution in [2.24, 2.45) is 0 Å². The van der Waals surface area contributed by atoms with Crippen molar-refractivity contribution in [3.63, 3.8) is 0 Å². The zero-order valence-electron chi connectivity index (χ0n) is 24.3. The highest BCUT2D eigenvalue weighted by Crippen LogP contribution is 2.49. The molecule has 2 amide bonds. The number of hydrogen-bond donors (Lipinski definition) is 4. The summed E-state index contributed by atoms with van der Waals surface area (Å²) in [5.74, 6) is -3.24. The molecule has 1 aliphatic heterocycles. The van der Waals surface area contributed by atoms with Gasteiger partial charge in [0.2, 0.25) is 0 Å². The van der Waals surface area contributed by atoms with E-state index in [9.17, 15) is 32.7 Å². The fourth-order valence-corrected chi connectivity index (χ4v) is 6.65. The molecule has 1 atom stereocenters. The van der Waals surface area contributed by atoms with E-state index in [0.29, 0.717) is 22.2 Å². The Labute approximate surface area is 271 Å². The number of phenols is 1. The number of rotatable bonds is 5. The number of fused-ring (bicyclic) bond motifs is 5. The van der Waals surface area contributed by atoms with Crippen molar-refractivity contribution < 1.29 is 37.4 Å². The van der Waals surface area contributed by atoms with Gasteiger partial charge in [-0.3, -0.25) is 14.6 Å². The van der Waals surface area contributed by atoms with E-state index in [4.69, 9.17) is 4.74 Å². The topological polar surface area (TPSA) is 140 Å². The Morgan fingerprint density at radius 3 is 2.55 bits per heavy atom. The summed E-state index contributed by atoms with van der Waals surface area (Å²) >= 11 is 3.40. The van der Waals surface area contributed by atoms with Crippen LogP contribution in [0, 0.1) is 0 Å². The average molecular weight is 706 g/mol. The number of nitrogens with zero attached hydrogens (tertiary/aromatic N) is 2. The second kappa shape index (κ2) is 11.2. The maximum Gasteiger partial charge on any atom is 0.432 e. The molecule has 0 radical (unpaired) electrons. The van der Waals surface area contributed by atoms with Gasteiger partial charge in [0.1, 0.15) is 22.8 Å². The summed E-state index contributed by atoms with van der Waals surface area (Å²) in [7, 11) is 0.967. The number of benzene rings is 3. The summed E-state index contributed by atoms with van der Waals surface area (Å²) in [6.45, 7) is 0.0561. The molecule has 3 aromatic heterocycles. The van der Waals surface area contributed by atoms with Gasteiger partial charge in [0.25, 0.3) is 11.8 Å². The molecule has 4 N–H and O–H groups in total. The van der Waals surface area contributed by atoms with Gasteiger partial charge >= 0.3 is 12.1 Å². The van der Waals surface area contributed by atoms with Gasteiger partial charge in [-0.25, -0.2) is 4.79 Å². The number of methoxy groups -OCH3 is 1. The van der Waals surface area contributed by atoms with Crippen molar-refractivity contribution in [2.45, 2.75) is 12.1 Å². The fourth-order valence-electron chi connectivity index (χ4n) is 6.13. The third-order valence-electron chi connectivity index (χ3n) is 8.25. The number of amides is 2. The zero-order valence-corrected chi connectivity index (χ0v) is 25.9. The largest absolute Gasteiger partial charge is 0.506 e. The number of halogens is 4. The van der Waals surface area contributed by atoms with Crippen molar-refractivity contribution in [3.05, 3.63) is 95.1 Å². The third kappa shape index (κ3) is 5.04. The molecule has 0 aliphatic carbocycles. The van der Waals surface area contributed by atoms with Gasteiger partial charge in [-0.05, 0) is 41.3 Å². The van der Waals surface area contributed by atoms with Crippen LogP contribution in [0.15, 0.2) is 66.9 Å². The number of nitrogens with one attached hydrogen (secondary N) is 3. The number of alkyl halides is 4. The standard InChI is InChI=1S/C33H23BrF3N5O5/c1-47-32(46)27-26-25-18(12-34)14-42(23(25)11-24(43)28(26)41-29(27)33(35,36)37)31(45)22-10-17-8-19(6-7-20(17)40-22)39-30(44)21-9-15-4-2-3-5-16(15)13-38-21/h2-11,13,18,40-41,43H,12,14H2,1H3,(H,39,44). The minimum absolute atomic E-state index is 0.0561. The van der Waals surface area contributed by atoms with Crippen molar-refractivity contribution in [1.29, 1.82) is 0 Å². The van der Waals surface area contributed by atoms with Crippen molar-refractivity contribution >= 4 is 77.7 Å². The molecule has 238 valence electrons. The van der Waals surface area contributed by atoms with Gasteiger partial charge in [0.05, 0.1) is 23.9 Å². The van der Waals surface area contributed by atoms with Gasteiger partial charge < -0.3 is 30.0 Å². The summed E-state index contributed by atoms with van der Waals surface area (Å²) in [6, 6.07) is 17.1. The Morgan fingerprint density at radius 2 is 1.83 bits per heavy atom. The van der Waals surface area contributed by atoms with E-state index in [1.165, 1.54) is 11.0 Å². The predicted molar refractivity (Wildman–Crippen MR) is 173 cm³/mol. The maximum absolute atomic E-state index is 14.0. The Kier molecular flexibility index (Phi) is 7.19. The number of hydrogen-bond acceptors (Lipinski definition) is 6. The molecule has 47 heavy (non-hydrogen) atoms. The second-order valence-electron chi connectivity index (χ2n) is 11.1. The zero-order chi connectivity index (χ0) is 33.2. The van der Waals surface area contributed by atoms with Crippen LogP contribution < -0.4 is 10.2 Å². The molecule has 0 saturated carbocycles. The quantitative estimate of drug-likeness (QED) is 0.111. The molecule has 4 heterocycles. The summed E-state index contributed by atoms with van der Waals surface area (Å²) in [4.78, 5) is 50.4. The number of pyridine rings is 1. The highest BCUT2D eigenvalue weighted by atomic mass is 79.9. The molecule has 0 fully saturated rings. The van der Waals surface area contributed by atoms with Crippen molar-refractivity contribution in [3.8, 4) is 5.75 Å². The van der Waals surface area contributed by atoms with Gasteiger partial charge in [-0.15, -0.1) is 0 Å². The van der Waals surface area contributed by atoms with E-state index in [0.717, 1.165) is 17.9 Å². The van der Waals surface area contributed by atoms with Crippen LogP contribution in [0.25, 0.3) is 32.6 Å². The normalized spacial score (nSPS) is 14.6. The van der Waals surface area contributed by atoms with Crippen LogP contribution in [0.3, 0.4) is 0 Å². The SMILES string of the molecule is COC(=O)c1c(C(F)(F)F)[nH]c2c(O)cc3c(c12)C(CBr)CN3C(=O)c1cc2cc(NC(=O)c3cc4ccccc4cn3)ccc2[nH]1. The van der Waals surface area contributed by atoms with Crippen LogP contribution >= 0.6 is 15.9 Å². The number of phenolic OH excluding ortho intramolecular Hbond substituents is 1. The van der Waals surface area contributed by atoms with Crippen LogP contribution in [0.1, 0.15) is 48.5 Å². The van der Waals surface area contributed by atoms with E-state index < -0.39 is 46.9 Å². The minimum Gasteiger partial charge on any atom is -0.506 e. The Hall–Kier alpha value is -5.37. The van der Waals surface area contributed by atoms with E-state index in [1.54, 1.807) is 36.5 Å². The Balaban J connectivity index is 1.23. The van der Waals surface area contributed by atoms with Crippen molar-refractivity contribution in [1.82, 2.24) is 15.0 Å². The van der Waals surface area contributed by atoms with E-state index in [2.05, 4.69) is 36.2 Å². The fraction of sp³-hybridized carbons (Fsp3) is 0.152. The van der Waals surface area contributed by atoms with E-state index in [1.807, 2.05) is 24.3 Å². The highest BCUT2D eigenvalue weighted by Gasteiger charge is 2.43. The van der Waals surface area contributed by atoms with Crippen LogP contribution in [0.2, 0.25) is 0 Å². The summed E-state index contributed by atoms with van der Waals surface area (Å²) in [5, 5.41) is 16.1. The highest BCUT2D eigenvalue weighted by molar-refractivity contribution is 9.09. The lowest BCUT2D eigenvalue weighted by Gasteiger charge is -2.17. The predicted octanol–water partition coefficient (Wildman–Crippen LogP) is 7.10. The number of aromatic hydroxyl groups is 1. The lowest BCUT2D eigenvalue weighted by molar-refractivity contribution is -0.141. The minimum atomic E-state index is -4.95. The van der Waals surface area contributed by atoms with Crippen molar-refractivity contribution in [2.75, 3.05) is 29.2 Å². The molecule has 0 bridgehead atoms. The van der Waals surface area contributed by atoms with Gasteiger partial charge in [-0.2, -0.15) is 13.2 Å². The number of anilines is 2. The number of aromatic nitrogens is 3.